The van der Waals surface area contributed by atoms with Crippen LogP contribution in [0.5, 0.6) is 0 Å². The maximum atomic E-state index is 13.0. The summed E-state index contributed by atoms with van der Waals surface area (Å²) in [6.45, 7) is 4.37. The molecule has 7 heteroatoms. The van der Waals surface area contributed by atoms with Gasteiger partial charge in [-0.3, -0.25) is 14.7 Å². The minimum absolute atomic E-state index is 0.0110. The summed E-state index contributed by atoms with van der Waals surface area (Å²) in [7, 11) is 2.12. The van der Waals surface area contributed by atoms with Crippen molar-refractivity contribution in [3.05, 3.63) is 52.4 Å². The Morgan fingerprint density at radius 1 is 1.33 bits per heavy atom. The SMILES string of the molecule is Cc1csc(CN(C)C2CCCN(C(=O)c3ccc4cnccc4n3)C2)n1. The molecule has 0 N–H and O–H groups in total. The highest BCUT2D eigenvalue weighted by molar-refractivity contribution is 7.09. The molecule has 3 aromatic rings. The first kappa shape index (κ1) is 18.0. The van der Waals surface area contributed by atoms with Gasteiger partial charge < -0.3 is 4.90 Å². The van der Waals surface area contributed by atoms with Gasteiger partial charge in [0.05, 0.1) is 12.1 Å². The van der Waals surface area contributed by atoms with Crippen LogP contribution < -0.4 is 0 Å². The molecular weight excluding hydrogens is 358 g/mol. The lowest BCUT2D eigenvalue weighted by Crippen LogP contribution is -2.48. The molecule has 4 rings (SSSR count). The number of aryl methyl sites for hydroxylation is 1. The molecule has 1 aliphatic rings. The predicted octanol–water partition coefficient (Wildman–Crippen LogP) is 3.13. The Bertz CT molecular complexity index is 956. The number of nitrogens with zero attached hydrogens (tertiary/aromatic N) is 5. The normalized spacial score (nSPS) is 17.6. The number of piperidine rings is 1. The second-order valence-electron chi connectivity index (χ2n) is 7.11. The Hall–Kier alpha value is -2.38. The standard InChI is InChI=1S/C20H23N5OS/c1-14-13-27-19(22-14)12-24(2)16-4-3-9-25(11-16)20(26)18-6-5-15-10-21-8-7-17(15)23-18/h5-8,10,13,16H,3-4,9,11-12H2,1-2H3. The first-order chi connectivity index (χ1) is 13.1. The van der Waals surface area contributed by atoms with Crippen LogP contribution in [0.25, 0.3) is 10.9 Å². The number of fused-ring (bicyclic) bond motifs is 1. The molecule has 1 aliphatic heterocycles. The molecule has 0 bridgehead atoms. The van der Waals surface area contributed by atoms with Crippen LogP contribution in [-0.4, -0.2) is 56.8 Å². The maximum absolute atomic E-state index is 13.0. The summed E-state index contributed by atoms with van der Waals surface area (Å²) >= 11 is 1.70. The number of hydrogen-bond donors (Lipinski definition) is 0. The molecule has 0 spiro atoms. The zero-order valence-electron chi connectivity index (χ0n) is 15.6. The topological polar surface area (TPSA) is 62.2 Å². The van der Waals surface area contributed by atoms with Crippen molar-refractivity contribution in [2.24, 2.45) is 0 Å². The van der Waals surface area contributed by atoms with Gasteiger partial charge in [-0.1, -0.05) is 0 Å². The third-order valence-electron chi connectivity index (χ3n) is 5.07. The lowest BCUT2D eigenvalue weighted by Gasteiger charge is -2.37. The average molecular weight is 382 g/mol. The first-order valence-corrected chi connectivity index (χ1v) is 10.1. The molecule has 3 aromatic heterocycles. The number of amides is 1. The number of carbonyl (C=O) groups is 1. The molecule has 0 saturated carbocycles. The number of aromatic nitrogens is 3. The summed E-state index contributed by atoms with van der Waals surface area (Å²) in [5.41, 5.74) is 2.38. The monoisotopic (exact) mass is 381 g/mol. The molecule has 1 amide bonds. The van der Waals surface area contributed by atoms with Gasteiger partial charge in [-0.05, 0) is 45.0 Å². The summed E-state index contributed by atoms with van der Waals surface area (Å²) in [5, 5.41) is 4.16. The summed E-state index contributed by atoms with van der Waals surface area (Å²) in [4.78, 5) is 30.4. The first-order valence-electron chi connectivity index (χ1n) is 9.21. The number of pyridine rings is 2. The van der Waals surface area contributed by atoms with Crippen molar-refractivity contribution in [2.75, 3.05) is 20.1 Å². The molecule has 1 atom stereocenters. The van der Waals surface area contributed by atoms with Gasteiger partial charge in [-0.25, -0.2) is 9.97 Å². The minimum Gasteiger partial charge on any atom is -0.336 e. The largest absolute Gasteiger partial charge is 0.336 e. The van der Waals surface area contributed by atoms with E-state index < -0.39 is 0 Å². The fourth-order valence-corrected chi connectivity index (χ4v) is 4.40. The van der Waals surface area contributed by atoms with E-state index in [1.54, 1.807) is 29.8 Å². The second kappa shape index (κ2) is 7.70. The fraction of sp³-hybridized carbons (Fsp3) is 0.400. The van der Waals surface area contributed by atoms with Gasteiger partial charge in [0.2, 0.25) is 0 Å². The third-order valence-corrected chi connectivity index (χ3v) is 6.02. The van der Waals surface area contributed by atoms with Crippen molar-refractivity contribution >= 4 is 28.1 Å². The van der Waals surface area contributed by atoms with Crippen molar-refractivity contribution in [3.63, 3.8) is 0 Å². The van der Waals surface area contributed by atoms with Gasteiger partial charge in [0.25, 0.3) is 5.91 Å². The summed E-state index contributed by atoms with van der Waals surface area (Å²) in [5.74, 6) is 0.0110. The summed E-state index contributed by atoms with van der Waals surface area (Å²) in [6, 6.07) is 5.91. The zero-order chi connectivity index (χ0) is 18.8. The Kier molecular flexibility index (Phi) is 5.13. The molecule has 4 heterocycles. The Labute approximate surface area is 162 Å². The van der Waals surface area contributed by atoms with Gasteiger partial charge in [0, 0.05) is 48.0 Å². The van der Waals surface area contributed by atoms with E-state index >= 15 is 0 Å². The van der Waals surface area contributed by atoms with Gasteiger partial charge in [0.15, 0.2) is 0 Å². The maximum Gasteiger partial charge on any atom is 0.272 e. The van der Waals surface area contributed by atoms with Crippen molar-refractivity contribution in [2.45, 2.75) is 32.4 Å². The van der Waals surface area contributed by atoms with Crippen molar-refractivity contribution in [3.8, 4) is 0 Å². The van der Waals surface area contributed by atoms with Crippen LogP contribution in [0.1, 0.15) is 34.0 Å². The zero-order valence-corrected chi connectivity index (χ0v) is 16.4. The summed E-state index contributed by atoms with van der Waals surface area (Å²) in [6.07, 6.45) is 5.58. The van der Waals surface area contributed by atoms with Gasteiger partial charge in [-0.2, -0.15) is 0 Å². The molecule has 1 fully saturated rings. The molecule has 27 heavy (non-hydrogen) atoms. The van der Waals surface area contributed by atoms with Gasteiger partial charge in [-0.15, -0.1) is 11.3 Å². The van der Waals surface area contributed by atoms with E-state index in [2.05, 4.69) is 32.3 Å². The van der Waals surface area contributed by atoms with Gasteiger partial charge in [0.1, 0.15) is 10.7 Å². The fourth-order valence-electron chi connectivity index (χ4n) is 3.56. The van der Waals surface area contributed by atoms with E-state index in [4.69, 9.17) is 0 Å². The molecule has 6 nitrogen and oxygen atoms in total. The van der Waals surface area contributed by atoms with E-state index in [0.29, 0.717) is 11.7 Å². The number of likely N-dealkylation sites (N-methyl/N-ethyl adjacent to an activating group) is 1. The number of likely N-dealkylation sites (tertiary alicyclic amines) is 1. The highest BCUT2D eigenvalue weighted by Gasteiger charge is 2.28. The second-order valence-corrected chi connectivity index (χ2v) is 8.05. The lowest BCUT2D eigenvalue weighted by atomic mass is 10.0. The van der Waals surface area contributed by atoms with Crippen LogP contribution in [0.15, 0.2) is 36.0 Å². The van der Waals surface area contributed by atoms with E-state index in [0.717, 1.165) is 54.1 Å². The molecular formula is C20H23N5OS. The van der Waals surface area contributed by atoms with E-state index in [1.165, 1.54) is 0 Å². The highest BCUT2D eigenvalue weighted by atomic mass is 32.1. The number of carbonyl (C=O) groups excluding carboxylic acids is 1. The van der Waals surface area contributed by atoms with Crippen LogP contribution in [-0.2, 0) is 6.54 Å². The lowest BCUT2D eigenvalue weighted by molar-refractivity contribution is 0.0597. The van der Waals surface area contributed by atoms with Crippen LogP contribution in [0.4, 0.5) is 0 Å². The van der Waals surface area contributed by atoms with Gasteiger partial charge >= 0.3 is 0 Å². The number of rotatable bonds is 4. The quantitative estimate of drug-likeness (QED) is 0.695. The smallest absolute Gasteiger partial charge is 0.272 e. The molecule has 0 aromatic carbocycles. The molecule has 0 aliphatic carbocycles. The molecule has 1 saturated heterocycles. The van der Waals surface area contributed by atoms with E-state index in [-0.39, 0.29) is 5.91 Å². The summed E-state index contributed by atoms with van der Waals surface area (Å²) < 4.78 is 0. The predicted molar refractivity (Wildman–Crippen MR) is 107 cm³/mol. The van der Waals surface area contributed by atoms with Crippen molar-refractivity contribution in [1.29, 1.82) is 0 Å². The van der Waals surface area contributed by atoms with Crippen molar-refractivity contribution < 1.29 is 4.79 Å². The molecule has 140 valence electrons. The Morgan fingerprint density at radius 2 is 2.22 bits per heavy atom. The van der Waals surface area contributed by atoms with E-state index in [1.807, 2.05) is 24.0 Å². The van der Waals surface area contributed by atoms with Crippen LogP contribution in [0.2, 0.25) is 0 Å². The number of thiazole rings is 1. The van der Waals surface area contributed by atoms with Crippen LogP contribution >= 0.6 is 11.3 Å². The average Bonchev–Trinajstić information content (AvgIpc) is 3.11. The number of hydrogen-bond acceptors (Lipinski definition) is 6. The van der Waals surface area contributed by atoms with Crippen molar-refractivity contribution in [1.82, 2.24) is 24.8 Å². The third kappa shape index (κ3) is 3.99. The minimum atomic E-state index is 0.0110. The molecule has 0 radical (unpaired) electrons. The Morgan fingerprint density at radius 3 is 3.04 bits per heavy atom. The highest BCUT2D eigenvalue weighted by Crippen LogP contribution is 2.20. The van der Waals surface area contributed by atoms with Crippen LogP contribution in [0.3, 0.4) is 0 Å². The molecule has 1 unspecified atom stereocenters. The van der Waals surface area contributed by atoms with Crippen LogP contribution in [0, 0.1) is 6.92 Å². The van der Waals surface area contributed by atoms with E-state index in [9.17, 15) is 4.79 Å². The Balaban J connectivity index is 1.45.